The molecule has 0 aliphatic heterocycles. The van der Waals surface area contributed by atoms with E-state index in [1.54, 1.807) is 0 Å². The van der Waals surface area contributed by atoms with E-state index >= 15 is 0 Å². The maximum atomic E-state index is 12.5. The van der Waals surface area contributed by atoms with Gasteiger partial charge in [-0.25, -0.2) is 0 Å². The maximum absolute atomic E-state index is 12.5. The number of aliphatic hydroxyl groups excluding tert-OH is 3. The zero-order valence-electron chi connectivity index (χ0n) is 37.6. The standard InChI is InChI=1S/C50H101NO4/c1-3-5-7-9-11-13-15-17-18-19-20-21-22-23-24-25-26-27-28-29-30-31-32-33-35-37-39-41-43-45-49(54)51-47(46-52)50(55)48(53)44-42-40-38-36-34-16-14-12-10-8-6-4-2/h47-48,50,52-53,55H,3-46H2,1-2H3,(H,51,54)/t47-,48?,50+/m1/s1. The summed E-state index contributed by atoms with van der Waals surface area (Å²) in [5, 5.41) is 33.6. The minimum Gasteiger partial charge on any atom is -0.394 e. The van der Waals surface area contributed by atoms with Crippen molar-refractivity contribution in [2.75, 3.05) is 6.61 Å². The Morgan fingerprint density at radius 1 is 0.382 bits per heavy atom. The van der Waals surface area contributed by atoms with Crippen molar-refractivity contribution in [2.45, 2.75) is 308 Å². The van der Waals surface area contributed by atoms with Crippen LogP contribution in [-0.4, -0.2) is 46.1 Å². The predicted octanol–water partition coefficient (Wildman–Crippen LogP) is 15.0. The van der Waals surface area contributed by atoms with E-state index in [-0.39, 0.29) is 12.5 Å². The molecule has 0 radical (unpaired) electrons. The van der Waals surface area contributed by atoms with Crippen LogP contribution in [0.2, 0.25) is 0 Å². The van der Waals surface area contributed by atoms with E-state index in [0.717, 1.165) is 32.1 Å². The molecule has 0 aromatic heterocycles. The molecule has 0 rings (SSSR count). The van der Waals surface area contributed by atoms with E-state index in [4.69, 9.17) is 0 Å². The van der Waals surface area contributed by atoms with Gasteiger partial charge in [-0.05, 0) is 12.8 Å². The predicted molar refractivity (Wildman–Crippen MR) is 241 cm³/mol. The van der Waals surface area contributed by atoms with Crippen molar-refractivity contribution >= 4 is 5.91 Å². The van der Waals surface area contributed by atoms with Crippen LogP contribution >= 0.6 is 0 Å². The first kappa shape index (κ1) is 54.3. The number of nitrogens with one attached hydrogen (secondary N) is 1. The topological polar surface area (TPSA) is 89.8 Å². The largest absolute Gasteiger partial charge is 0.394 e. The van der Waals surface area contributed by atoms with Gasteiger partial charge >= 0.3 is 0 Å². The molecule has 0 bridgehead atoms. The van der Waals surface area contributed by atoms with Crippen molar-refractivity contribution in [1.29, 1.82) is 0 Å². The van der Waals surface area contributed by atoms with Crippen molar-refractivity contribution in [3.63, 3.8) is 0 Å². The highest BCUT2D eigenvalue weighted by Gasteiger charge is 2.26. The van der Waals surface area contributed by atoms with Crippen LogP contribution in [0.25, 0.3) is 0 Å². The first-order valence-corrected chi connectivity index (χ1v) is 25.3. The lowest BCUT2D eigenvalue weighted by Crippen LogP contribution is -2.50. The molecular weight excluding hydrogens is 679 g/mol. The van der Waals surface area contributed by atoms with Gasteiger partial charge in [-0.15, -0.1) is 0 Å². The van der Waals surface area contributed by atoms with Gasteiger partial charge in [0.25, 0.3) is 0 Å². The Balaban J connectivity index is 3.45. The Morgan fingerprint density at radius 2 is 0.618 bits per heavy atom. The van der Waals surface area contributed by atoms with Gasteiger partial charge in [0, 0.05) is 6.42 Å². The highest BCUT2D eigenvalue weighted by molar-refractivity contribution is 5.76. The minimum atomic E-state index is -1.13. The third-order valence-corrected chi connectivity index (χ3v) is 12.2. The van der Waals surface area contributed by atoms with Crippen LogP contribution in [0.4, 0.5) is 0 Å². The van der Waals surface area contributed by atoms with Gasteiger partial charge in [-0.3, -0.25) is 4.79 Å². The lowest BCUT2D eigenvalue weighted by atomic mass is 9.99. The Morgan fingerprint density at radius 3 is 0.873 bits per heavy atom. The Labute approximate surface area is 345 Å². The quantitative estimate of drug-likeness (QED) is 0.0463. The molecule has 1 unspecified atom stereocenters. The molecule has 0 aliphatic rings. The lowest BCUT2D eigenvalue weighted by molar-refractivity contribution is -0.124. The van der Waals surface area contributed by atoms with E-state index in [2.05, 4.69) is 19.2 Å². The number of amides is 1. The first-order chi connectivity index (χ1) is 27.1. The molecule has 4 N–H and O–H groups in total. The van der Waals surface area contributed by atoms with E-state index in [9.17, 15) is 20.1 Å². The Bertz CT molecular complexity index is 733. The van der Waals surface area contributed by atoms with Gasteiger partial charge in [-0.1, -0.05) is 271 Å². The highest BCUT2D eigenvalue weighted by Crippen LogP contribution is 2.18. The summed E-state index contributed by atoms with van der Waals surface area (Å²) < 4.78 is 0. The molecular formula is C50H101NO4. The number of unbranched alkanes of at least 4 members (excludes halogenated alkanes) is 39. The number of aliphatic hydroxyl groups is 3. The molecule has 0 aromatic carbocycles. The summed E-state index contributed by atoms with van der Waals surface area (Å²) >= 11 is 0. The summed E-state index contributed by atoms with van der Waals surface area (Å²) in [5.41, 5.74) is 0. The van der Waals surface area contributed by atoms with Crippen molar-refractivity contribution in [1.82, 2.24) is 5.32 Å². The molecule has 3 atom stereocenters. The molecule has 5 nitrogen and oxygen atoms in total. The molecule has 0 aliphatic carbocycles. The summed E-state index contributed by atoms with van der Waals surface area (Å²) in [7, 11) is 0. The Hall–Kier alpha value is -0.650. The van der Waals surface area contributed by atoms with Gasteiger partial charge in [-0.2, -0.15) is 0 Å². The molecule has 0 saturated carbocycles. The maximum Gasteiger partial charge on any atom is 0.220 e. The van der Waals surface area contributed by atoms with E-state index < -0.39 is 18.2 Å². The summed E-state index contributed by atoms with van der Waals surface area (Å²) in [4.78, 5) is 12.5. The number of hydrogen-bond donors (Lipinski definition) is 4. The van der Waals surface area contributed by atoms with Crippen LogP contribution in [0.15, 0.2) is 0 Å². The van der Waals surface area contributed by atoms with Crippen molar-refractivity contribution in [3.05, 3.63) is 0 Å². The van der Waals surface area contributed by atoms with E-state index in [1.165, 1.54) is 231 Å². The molecule has 1 amide bonds. The number of carbonyl (C=O) groups excluding carboxylic acids is 1. The summed E-state index contributed by atoms with van der Waals surface area (Å²) in [5.74, 6) is -0.138. The summed E-state index contributed by atoms with van der Waals surface area (Å²) in [6, 6.07) is -0.802. The fraction of sp³-hybridized carbons (Fsp3) is 0.980. The SMILES string of the molecule is CCCCCCCCCCCCCCCCCCCCCCCCCCCCCCCC(=O)N[C@H](CO)[C@H](O)C(O)CCCCCCCCCCCCCC. The van der Waals surface area contributed by atoms with Crippen LogP contribution in [0.5, 0.6) is 0 Å². The zero-order chi connectivity index (χ0) is 40.1. The molecule has 330 valence electrons. The molecule has 0 spiro atoms. The third kappa shape index (κ3) is 41.3. The lowest BCUT2D eigenvalue weighted by Gasteiger charge is -2.26. The summed E-state index contributed by atoms with van der Waals surface area (Å²) in [6.07, 6.45) is 53.9. The van der Waals surface area contributed by atoms with Crippen LogP contribution in [0.3, 0.4) is 0 Å². The second kappa shape index (κ2) is 46.0. The second-order valence-electron chi connectivity index (χ2n) is 17.7. The first-order valence-electron chi connectivity index (χ1n) is 25.3. The average Bonchev–Trinajstić information content (AvgIpc) is 3.19. The van der Waals surface area contributed by atoms with Crippen LogP contribution in [0, 0.1) is 0 Å². The normalized spacial score (nSPS) is 13.3. The van der Waals surface area contributed by atoms with Crippen molar-refractivity contribution < 1.29 is 20.1 Å². The highest BCUT2D eigenvalue weighted by atomic mass is 16.3. The van der Waals surface area contributed by atoms with Gasteiger partial charge in [0.15, 0.2) is 0 Å². The fourth-order valence-corrected chi connectivity index (χ4v) is 8.28. The molecule has 55 heavy (non-hydrogen) atoms. The molecule has 0 heterocycles. The third-order valence-electron chi connectivity index (χ3n) is 12.2. The van der Waals surface area contributed by atoms with Crippen LogP contribution in [-0.2, 0) is 4.79 Å². The number of carbonyl (C=O) groups is 1. The van der Waals surface area contributed by atoms with Crippen molar-refractivity contribution in [2.24, 2.45) is 0 Å². The zero-order valence-corrected chi connectivity index (χ0v) is 37.6. The van der Waals surface area contributed by atoms with Gasteiger partial charge < -0.3 is 20.6 Å². The van der Waals surface area contributed by atoms with Crippen LogP contribution < -0.4 is 5.32 Å². The van der Waals surface area contributed by atoms with Crippen LogP contribution in [0.1, 0.15) is 290 Å². The number of hydrogen-bond acceptors (Lipinski definition) is 4. The Kier molecular flexibility index (Phi) is 45.5. The van der Waals surface area contributed by atoms with Gasteiger partial charge in [0.1, 0.15) is 6.10 Å². The van der Waals surface area contributed by atoms with E-state index in [0.29, 0.717) is 12.8 Å². The van der Waals surface area contributed by atoms with Crippen molar-refractivity contribution in [3.8, 4) is 0 Å². The monoisotopic (exact) mass is 780 g/mol. The second-order valence-corrected chi connectivity index (χ2v) is 17.7. The van der Waals surface area contributed by atoms with Gasteiger partial charge in [0.2, 0.25) is 5.91 Å². The average molecular weight is 780 g/mol. The fourth-order valence-electron chi connectivity index (χ4n) is 8.28. The number of rotatable bonds is 47. The van der Waals surface area contributed by atoms with Gasteiger partial charge in [0.05, 0.1) is 18.8 Å². The smallest absolute Gasteiger partial charge is 0.220 e. The molecule has 0 aromatic rings. The molecule has 0 saturated heterocycles. The van der Waals surface area contributed by atoms with E-state index in [1.807, 2.05) is 0 Å². The molecule has 0 fully saturated rings. The molecule has 5 heteroatoms. The summed E-state index contributed by atoms with van der Waals surface area (Å²) in [6.45, 7) is 4.20. The minimum absolute atomic E-state index is 0.138.